The highest BCUT2D eigenvalue weighted by Crippen LogP contribution is 2.22. The van der Waals surface area contributed by atoms with Crippen LogP contribution in [0.1, 0.15) is 26.6 Å². The second-order valence-electron chi connectivity index (χ2n) is 5.38. The van der Waals surface area contributed by atoms with Crippen LogP contribution in [0, 0.1) is 5.41 Å². The summed E-state index contributed by atoms with van der Waals surface area (Å²) in [6, 6.07) is 7.40. The molecule has 0 radical (unpaired) electrons. The molecule has 4 heteroatoms. The van der Waals surface area contributed by atoms with Gasteiger partial charge in [-0.15, -0.1) is 0 Å². The summed E-state index contributed by atoms with van der Waals surface area (Å²) >= 11 is 0. The molecular formula is C13H17N3O. The van der Waals surface area contributed by atoms with Crippen LogP contribution in [0.2, 0.25) is 0 Å². The van der Waals surface area contributed by atoms with Gasteiger partial charge in [-0.3, -0.25) is 0 Å². The molecule has 1 aromatic heterocycles. The first-order valence-corrected chi connectivity index (χ1v) is 5.62. The van der Waals surface area contributed by atoms with E-state index in [2.05, 4.69) is 30.9 Å². The summed E-state index contributed by atoms with van der Waals surface area (Å²) in [5.74, 6) is 1.29. The van der Waals surface area contributed by atoms with Gasteiger partial charge in [-0.05, 0) is 29.7 Å². The first-order chi connectivity index (χ1) is 7.94. The molecule has 2 N–H and O–H groups in total. The Bertz CT molecular complexity index is 494. The normalized spacial score (nSPS) is 11.7. The third-order valence-electron chi connectivity index (χ3n) is 2.31. The fourth-order valence-electron chi connectivity index (χ4n) is 1.54. The van der Waals surface area contributed by atoms with Crippen LogP contribution in [0.5, 0.6) is 0 Å². The first-order valence-electron chi connectivity index (χ1n) is 5.62. The van der Waals surface area contributed by atoms with E-state index < -0.39 is 0 Å². The highest BCUT2D eigenvalue weighted by atomic mass is 16.5. The van der Waals surface area contributed by atoms with Gasteiger partial charge in [-0.25, -0.2) is 0 Å². The Kier molecular flexibility index (Phi) is 2.88. The maximum atomic E-state index is 5.63. The van der Waals surface area contributed by atoms with Crippen LogP contribution in [0.25, 0.3) is 11.5 Å². The Morgan fingerprint density at radius 3 is 2.41 bits per heavy atom. The molecule has 1 heterocycles. The Labute approximate surface area is 101 Å². The number of nitrogens with two attached hydrogens (primary N) is 1. The third kappa shape index (κ3) is 3.06. The Morgan fingerprint density at radius 2 is 1.82 bits per heavy atom. The van der Waals surface area contributed by atoms with Crippen LogP contribution in [-0.4, -0.2) is 10.1 Å². The van der Waals surface area contributed by atoms with Crippen molar-refractivity contribution in [3.8, 4) is 11.5 Å². The molecule has 0 unspecified atom stereocenters. The van der Waals surface area contributed by atoms with Gasteiger partial charge in [0.05, 0.1) is 0 Å². The van der Waals surface area contributed by atoms with E-state index in [1.165, 1.54) is 0 Å². The fraction of sp³-hybridized carbons (Fsp3) is 0.385. The van der Waals surface area contributed by atoms with Crippen LogP contribution in [0.4, 0.5) is 5.69 Å². The predicted molar refractivity (Wildman–Crippen MR) is 67.3 cm³/mol. The van der Waals surface area contributed by atoms with E-state index in [0.29, 0.717) is 5.89 Å². The largest absolute Gasteiger partial charge is 0.399 e. The molecule has 0 atom stereocenters. The monoisotopic (exact) mass is 231 g/mol. The highest BCUT2D eigenvalue weighted by Gasteiger charge is 2.16. The summed E-state index contributed by atoms with van der Waals surface area (Å²) in [6.45, 7) is 6.44. The minimum Gasteiger partial charge on any atom is -0.399 e. The van der Waals surface area contributed by atoms with Crippen molar-refractivity contribution in [3.63, 3.8) is 0 Å². The molecule has 0 amide bonds. The lowest BCUT2D eigenvalue weighted by atomic mass is 9.92. The number of rotatable bonds is 2. The molecule has 0 aliphatic heterocycles. The van der Waals surface area contributed by atoms with E-state index in [-0.39, 0.29) is 5.41 Å². The summed E-state index contributed by atoms with van der Waals surface area (Å²) in [7, 11) is 0. The lowest BCUT2D eigenvalue weighted by molar-refractivity contribution is 0.374. The van der Waals surface area contributed by atoms with Crippen molar-refractivity contribution < 1.29 is 4.52 Å². The van der Waals surface area contributed by atoms with E-state index in [1.807, 2.05) is 24.3 Å². The molecule has 1 aromatic carbocycles. The van der Waals surface area contributed by atoms with E-state index in [0.717, 1.165) is 23.5 Å². The van der Waals surface area contributed by atoms with Crippen molar-refractivity contribution in [2.45, 2.75) is 27.2 Å². The minimum absolute atomic E-state index is 0.155. The van der Waals surface area contributed by atoms with Crippen molar-refractivity contribution in [2.24, 2.45) is 5.41 Å². The number of benzene rings is 1. The maximum absolute atomic E-state index is 5.63. The quantitative estimate of drug-likeness (QED) is 0.807. The zero-order chi connectivity index (χ0) is 12.5. The van der Waals surface area contributed by atoms with Crippen LogP contribution in [0.3, 0.4) is 0 Å². The molecule has 2 aromatic rings. The fourth-order valence-corrected chi connectivity index (χ4v) is 1.54. The van der Waals surface area contributed by atoms with Gasteiger partial charge in [0.2, 0.25) is 0 Å². The molecule has 0 spiro atoms. The molecule has 0 bridgehead atoms. The van der Waals surface area contributed by atoms with E-state index in [1.54, 1.807) is 0 Å². The van der Waals surface area contributed by atoms with Crippen molar-refractivity contribution in [1.29, 1.82) is 0 Å². The number of nitrogens with zero attached hydrogens (tertiary/aromatic N) is 2. The molecule has 0 saturated carbocycles. The number of hydrogen-bond acceptors (Lipinski definition) is 4. The molecule has 0 aliphatic rings. The Morgan fingerprint density at radius 1 is 1.18 bits per heavy atom. The maximum Gasteiger partial charge on any atom is 0.257 e. The average Bonchev–Trinajstić information content (AvgIpc) is 2.64. The molecule has 90 valence electrons. The van der Waals surface area contributed by atoms with E-state index >= 15 is 0 Å². The standard InChI is InChI=1S/C13H17N3O/c1-13(2,3)8-11-15-12(17-16-11)9-4-6-10(14)7-5-9/h4-7H,8,14H2,1-3H3. The first kappa shape index (κ1) is 11.6. The minimum atomic E-state index is 0.155. The summed E-state index contributed by atoms with van der Waals surface area (Å²) < 4.78 is 5.23. The molecule has 17 heavy (non-hydrogen) atoms. The highest BCUT2D eigenvalue weighted by molar-refractivity contribution is 5.56. The summed E-state index contributed by atoms with van der Waals surface area (Å²) in [5.41, 5.74) is 7.40. The van der Waals surface area contributed by atoms with Gasteiger partial charge in [0.1, 0.15) is 0 Å². The summed E-state index contributed by atoms with van der Waals surface area (Å²) in [6.07, 6.45) is 0.797. The Hall–Kier alpha value is -1.84. The Balaban J connectivity index is 2.21. The lowest BCUT2D eigenvalue weighted by Gasteiger charge is -2.14. The zero-order valence-electron chi connectivity index (χ0n) is 10.4. The molecule has 0 aliphatic carbocycles. The van der Waals surface area contributed by atoms with Crippen molar-refractivity contribution in [1.82, 2.24) is 10.1 Å². The summed E-state index contributed by atoms with van der Waals surface area (Å²) in [4.78, 5) is 4.38. The molecule has 0 saturated heterocycles. The van der Waals surface area contributed by atoms with Crippen molar-refractivity contribution >= 4 is 5.69 Å². The third-order valence-corrected chi connectivity index (χ3v) is 2.31. The number of hydrogen-bond donors (Lipinski definition) is 1. The smallest absolute Gasteiger partial charge is 0.257 e. The van der Waals surface area contributed by atoms with E-state index in [9.17, 15) is 0 Å². The molecule has 4 nitrogen and oxygen atoms in total. The van der Waals surface area contributed by atoms with E-state index in [4.69, 9.17) is 10.3 Å². The predicted octanol–water partition coefficient (Wildman–Crippen LogP) is 2.91. The van der Waals surface area contributed by atoms with Crippen LogP contribution < -0.4 is 5.73 Å². The number of aromatic nitrogens is 2. The molecule has 2 rings (SSSR count). The van der Waals surface area contributed by atoms with Gasteiger partial charge in [0.15, 0.2) is 5.82 Å². The molecule has 0 fully saturated rings. The van der Waals surface area contributed by atoms with Gasteiger partial charge in [0.25, 0.3) is 5.89 Å². The van der Waals surface area contributed by atoms with Crippen LogP contribution >= 0.6 is 0 Å². The number of anilines is 1. The van der Waals surface area contributed by atoms with Gasteiger partial charge in [0, 0.05) is 17.7 Å². The second kappa shape index (κ2) is 4.20. The zero-order valence-corrected chi connectivity index (χ0v) is 10.4. The van der Waals surface area contributed by atoms with Gasteiger partial charge in [-0.2, -0.15) is 4.98 Å². The average molecular weight is 231 g/mol. The van der Waals surface area contributed by atoms with Crippen LogP contribution in [0.15, 0.2) is 28.8 Å². The SMILES string of the molecule is CC(C)(C)Cc1noc(-c2ccc(N)cc2)n1. The lowest BCUT2D eigenvalue weighted by Crippen LogP contribution is -2.10. The topological polar surface area (TPSA) is 64.9 Å². The number of nitrogen functional groups attached to an aromatic ring is 1. The van der Waals surface area contributed by atoms with Crippen molar-refractivity contribution in [3.05, 3.63) is 30.1 Å². The van der Waals surface area contributed by atoms with Crippen LogP contribution in [-0.2, 0) is 6.42 Å². The summed E-state index contributed by atoms with van der Waals surface area (Å²) in [5, 5.41) is 3.98. The van der Waals surface area contributed by atoms with Gasteiger partial charge < -0.3 is 10.3 Å². The molecular weight excluding hydrogens is 214 g/mol. The van der Waals surface area contributed by atoms with Gasteiger partial charge in [-0.1, -0.05) is 25.9 Å². The second-order valence-corrected chi connectivity index (χ2v) is 5.38. The van der Waals surface area contributed by atoms with Gasteiger partial charge >= 0.3 is 0 Å². The van der Waals surface area contributed by atoms with Crippen molar-refractivity contribution in [2.75, 3.05) is 5.73 Å².